The summed E-state index contributed by atoms with van der Waals surface area (Å²) in [6.45, 7) is 1.16. The molecule has 2 aliphatic heterocycles. The molecule has 2 heterocycles. The van der Waals surface area contributed by atoms with Crippen molar-refractivity contribution in [1.82, 2.24) is 0 Å². The summed E-state index contributed by atoms with van der Waals surface area (Å²) in [5, 5.41) is 0. The zero-order valence-corrected chi connectivity index (χ0v) is 17.7. The molecule has 0 radical (unpaired) electrons. The molecule has 160 valence electrons. The Kier molecular flexibility index (Phi) is 5.57. The molecule has 8 nitrogen and oxygen atoms in total. The van der Waals surface area contributed by atoms with Crippen LogP contribution in [0.25, 0.3) is 0 Å². The van der Waals surface area contributed by atoms with Crippen molar-refractivity contribution in [2.75, 3.05) is 37.0 Å². The molecule has 2 aromatic rings. The zero-order chi connectivity index (χ0) is 21.3. The Balaban J connectivity index is 1.60. The van der Waals surface area contributed by atoms with E-state index < -0.39 is 16.1 Å². The first kappa shape index (κ1) is 20.5. The Morgan fingerprint density at radius 1 is 1.17 bits per heavy atom. The highest BCUT2D eigenvalue weighted by molar-refractivity contribution is 7.92. The summed E-state index contributed by atoms with van der Waals surface area (Å²) in [7, 11) is -1.01. The highest BCUT2D eigenvalue weighted by atomic mass is 32.2. The maximum atomic E-state index is 13.0. The molecule has 0 saturated carbocycles. The second-order valence-electron chi connectivity index (χ2n) is 7.21. The van der Waals surface area contributed by atoms with E-state index >= 15 is 0 Å². The van der Waals surface area contributed by atoms with E-state index in [0.717, 1.165) is 24.1 Å². The average Bonchev–Trinajstić information content (AvgIpc) is 3.42. The molecule has 0 aromatic heterocycles. The predicted octanol–water partition coefficient (Wildman–Crippen LogP) is 2.57. The van der Waals surface area contributed by atoms with Crippen molar-refractivity contribution in [2.24, 2.45) is 0 Å². The van der Waals surface area contributed by atoms with Gasteiger partial charge in [-0.2, -0.15) is 0 Å². The van der Waals surface area contributed by atoms with Crippen molar-refractivity contribution in [3.05, 3.63) is 42.0 Å². The minimum Gasteiger partial charge on any atom is -0.497 e. The molecule has 4 rings (SSSR count). The number of benzene rings is 2. The van der Waals surface area contributed by atoms with Gasteiger partial charge in [0.15, 0.2) is 0 Å². The van der Waals surface area contributed by atoms with Crippen LogP contribution in [0.5, 0.6) is 11.5 Å². The van der Waals surface area contributed by atoms with Crippen LogP contribution >= 0.6 is 0 Å². The van der Waals surface area contributed by atoms with E-state index in [1.54, 1.807) is 23.1 Å². The SMILES string of the molecule is COc1ccc(S(=O)(=O)Nc2ccc3c(c2)N(C(=O)C2CCCO2)CC3)c(OC)c1. The van der Waals surface area contributed by atoms with Crippen LogP contribution in [0.4, 0.5) is 11.4 Å². The van der Waals surface area contributed by atoms with Crippen molar-refractivity contribution < 1.29 is 27.4 Å². The molecule has 9 heteroatoms. The number of nitrogens with one attached hydrogen (secondary N) is 1. The summed E-state index contributed by atoms with van der Waals surface area (Å²) in [6.07, 6.45) is 1.90. The summed E-state index contributed by atoms with van der Waals surface area (Å²) in [5.41, 5.74) is 2.10. The number of carbonyl (C=O) groups excluding carboxylic acids is 1. The molecule has 1 unspecified atom stereocenters. The number of nitrogens with zero attached hydrogens (tertiary/aromatic N) is 1. The van der Waals surface area contributed by atoms with Gasteiger partial charge in [-0.05, 0) is 49.1 Å². The maximum Gasteiger partial charge on any atom is 0.265 e. The van der Waals surface area contributed by atoms with Crippen LogP contribution < -0.4 is 19.1 Å². The van der Waals surface area contributed by atoms with Gasteiger partial charge in [-0.15, -0.1) is 0 Å². The molecular weight excluding hydrogens is 408 g/mol. The lowest BCUT2D eigenvalue weighted by molar-refractivity contribution is -0.127. The number of fused-ring (bicyclic) bond motifs is 1. The summed E-state index contributed by atoms with van der Waals surface area (Å²) in [4.78, 5) is 14.5. The lowest BCUT2D eigenvalue weighted by atomic mass is 10.1. The first-order valence-electron chi connectivity index (χ1n) is 9.73. The molecule has 2 aromatic carbocycles. The van der Waals surface area contributed by atoms with E-state index in [2.05, 4.69) is 4.72 Å². The molecular formula is C21H24N2O6S. The van der Waals surface area contributed by atoms with Crippen molar-refractivity contribution in [2.45, 2.75) is 30.3 Å². The quantitative estimate of drug-likeness (QED) is 0.754. The number of sulfonamides is 1. The van der Waals surface area contributed by atoms with E-state index in [1.165, 1.54) is 26.4 Å². The molecule has 0 bridgehead atoms. The maximum absolute atomic E-state index is 13.0. The summed E-state index contributed by atoms with van der Waals surface area (Å²) in [5.74, 6) is 0.605. The van der Waals surface area contributed by atoms with E-state index in [4.69, 9.17) is 14.2 Å². The third-order valence-electron chi connectivity index (χ3n) is 5.36. The largest absolute Gasteiger partial charge is 0.497 e. The number of rotatable bonds is 6. The fourth-order valence-corrected chi connectivity index (χ4v) is 5.03. The normalized spacial score (nSPS) is 18.2. The smallest absolute Gasteiger partial charge is 0.265 e. The van der Waals surface area contributed by atoms with Crippen LogP contribution in [-0.2, 0) is 26.0 Å². The first-order valence-corrected chi connectivity index (χ1v) is 11.2. The third-order valence-corrected chi connectivity index (χ3v) is 6.79. The van der Waals surface area contributed by atoms with Gasteiger partial charge < -0.3 is 19.1 Å². The van der Waals surface area contributed by atoms with Gasteiger partial charge in [-0.3, -0.25) is 9.52 Å². The second kappa shape index (κ2) is 8.16. The van der Waals surface area contributed by atoms with Gasteiger partial charge in [0.05, 0.1) is 19.9 Å². The highest BCUT2D eigenvalue weighted by Gasteiger charge is 2.33. The Labute approximate surface area is 175 Å². The lowest BCUT2D eigenvalue weighted by Crippen LogP contribution is -2.37. The van der Waals surface area contributed by atoms with Crippen molar-refractivity contribution >= 4 is 27.3 Å². The second-order valence-corrected chi connectivity index (χ2v) is 8.86. The number of carbonyl (C=O) groups is 1. The number of amides is 1. The lowest BCUT2D eigenvalue weighted by Gasteiger charge is -2.21. The zero-order valence-electron chi connectivity index (χ0n) is 16.9. The standard InChI is InChI=1S/C21H24N2O6S/c1-27-16-7-8-20(19(13-16)28-2)30(25,26)22-15-6-5-14-9-10-23(17(14)12-15)21(24)18-4-3-11-29-18/h5-8,12-13,18,22H,3-4,9-11H2,1-2H3. The van der Waals surface area contributed by atoms with Gasteiger partial charge in [0, 0.05) is 24.9 Å². The van der Waals surface area contributed by atoms with Crippen LogP contribution in [0.3, 0.4) is 0 Å². The van der Waals surface area contributed by atoms with Gasteiger partial charge in [0.2, 0.25) is 0 Å². The summed E-state index contributed by atoms with van der Waals surface area (Å²) >= 11 is 0. The monoisotopic (exact) mass is 432 g/mol. The number of hydrogen-bond donors (Lipinski definition) is 1. The Bertz CT molecular complexity index is 1060. The van der Waals surface area contributed by atoms with Crippen molar-refractivity contribution in [1.29, 1.82) is 0 Å². The number of anilines is 2. The summed E-state index contributed by atoms with van der Waals surface area (Å²) < 4.78 is 44.4. The Morgan fingerprint density at radius 2 is 2.00 bits per heavy atom. The minimum atomic E-state index is -3.91. The topological polar surface area (TPSA) is 94.2 Å². The van der Waals surface area contributed by atoms with Gasteiger partial charge in [-0.25, -0.2) is 8.42 Å². The van der Waals surface area contributed by atoms with E-state index in [9.17, 15) is 13.2 Å². The number of methoxy groups -OCH3 is 2. The van der Waals surface area contributed by atoms with Gasteiger partial charge in [-0.1, -0.05) is 6.07 Å². The number of hydrogen-bond acceptors (Lipinski definition) is 6. The average molecular weight is 432 g/mol. The molecule has 2 aliphatic rings. The fourth-order valence-electron chi connectivity index (χ4n) is 3.82. The predicted molar refractivity (Wildman–Crippen MR) is 112 cm³/mol. The van der Waals surface area contributed by atoms with E-state index in [-0.39, 0.29) is 16.6 Å². The van der Waals surface area contributed by atoms with Gasteiger partial charge in [0.1, 0.15) is 22.5 Å². The third kappa shape index (κ3) is 3.82. The molecule has 1 amide bonds. The minimum absolute atomic E-state index is 0.00131. The van der Waals surface area contributed by atoms with Gasteiger partial charge >= 0.3 is 0 Å². The molecule has 0 spiro atoms. The molecule has 30 heavy (non-hydrogen) atoms. The van der Waals surface area contributed by atoms with E-state index in [0.29, 0.717) is 31.0 Å². The van der Waals surface area contributed by atoms with Crippen LogP contribution in [0.1, 0.15) is 18.4 Å². The number of ether oxygens (including phenoxy) is 3. The molecule has 1 N–H and O–H groups in total. The molecule has 1 saturated heterocycles. The molecule has 1 atom stereocenters. The van der Waals surface area contributed by atoms with Crippen LogP contribution in [0, 0.1) is 0 Å². The van der Waals surface area contributed by atoms with Crippen LogP contribution in [-0.4, -0.2) is 47.8 Å². The Hall–Kier alpha value is -2.78. The molecule has 1 fully saturated rings. The first-order chi connectivity index (χ1) is 14.4. The van der Waals surface area contributed by atoms with Crippen molar-refractivity contribution in [3.63, 3.8) is 0 Å². The van der Waals surface area contributed by atoms with Gasteiger partial charge in [0.25, 0.3) is 15.9 Å². The Morgan fingerprint density at radius 3 is 2.70 bits per heavy atom. The van der Waals surface area contributed by atoms with E-state index in [1.807, 2.05) is 6.07 Å². The highest BCUT2D eigenvalue weighted by Crippen LogP contribution is 2.34. The summed E-state index contributed by atoms with van der Waals surface area (Å²) in [6, 6.07) is 9.75. The molecule has 0 aliphatic carbocycles. The van der Waals surface area contributed by atoms with Crippen molar-refractivity contribution in [3.8, 4) is 11.5 Å². The van der Waals surface area contributed by atoms with Crippen LogP contribution in [0.2, 0.25) is 0 Å². The fraction of sp³-hybridized carbons (Fsp3) is 0.381. The van der Waals surface area contributed by atoms with Crippen LogP contribution in [0.15, 0.2) is 41.3 Å².